The minimum atomic E-state index is -0.151. The first-order chi connectivity index (χ1) is 11.7. The lowest BCUT2D eigenvalue weighted by atomic mass is 9.84. The lowest BCUT2D eigenvalue weighted by molar-refractivity contribution is 0.248. The summed E-state index contributed by atoms with van der Waals surface area (Å²) >= 11 is 1.80. The van der Waals surface area contributed by atoms with E-state index >= 15 is 0 Å². The molecule has 0 aliphatic heterocycles. The SMILES string of the molecule is CCOc1ccc(NC(=O)NCC2(c3cccs3)CCCC2)cc1. The molecule has 4 nitrogen and oxygen atoms in total. The van der Waals surface area contributed by atoms with E-state index in [0.29, 0.717) is 13.2 Å². The average Bonchev–Trinajstić information content (AvgIpc) is 3.27. The van der Waals surface area contributed by atoms with Crippen LogP contribution in [0.15, 0.2) is 41.8 Å². The van der Waals surface area contributed by atoms with Crippen LogP contribution >= 0.6 is 11.3 Å². The molecule has 1 saturated carbocycles. The standard InChI is InChI=1S/C19H24N2O2S/c1-2-23-16-9-7-15(8-10-16)21-18(22)20-14-19(11-3-4-12-19)17-6-5-13-24-17/h5-10,13H,2-4,11-12,14H2,1H3,(H2,20,21,22). The normalized spacial score (nSPS) is 15.9. The van der Waals surface area contributed by atoms with Crippen molar-refractivity contribution in [3.05, 3.63) is 46.7 Å². The quantitative estimate of drug-likeness (QED) is 0.792. The molecule has 0 radical (unpaired) electrons. The highest BCUT2D eigenvalue weighted by atomic mass is 32.1. The van der Waals surface area contributed by atoms with Crippen molar-refractivity contribution in [2.24, 2.45) is 0 Å². The van der Waals surface area contributed by atoms with Crippen molar-refractivity contribution in [2.45, 2.75) is 38.0 Å². The van der Waals surface area contributed by atoms with Gasteiger partial charge in [0.05, 0.1) is 6.61 Å². The zero-order valence-electron chi connectivity index (χ0n) is 14.0. The topological polar surface area (TPSA) is 50.4 Å². The second-order valence-corrected chi connectivity index (χ2v) is 7.18. The second-order valence-electron chi connectivity index (χ2n) is 6.23. The Balaban J connectivity index is 1.56. The first-order valence-corrected chi connectivity index (χ1v) is 9.41. The van der Waals surface area contributed by atoms with E-state index in [-0.39, 0.29) is 11.4 Å². The Kier molecular flexibility index (Phi) is 5.41. The second kappa shape index (κ2) is 7.71. The van der Waals surface area contributed by atoms with E-state index < -0.39 is 0 Å². The number of hydrogen-bond acceptors (Lipinski definition) is 3. The fourth-order valence-corrected chi connectivity index (χ4v) is 4.36. The number of ether oxygens (including phenoxy) is 1. The molecular formula is C19H24N2O2S. The third kappa shape index (κ3) is 3.90. The molecule has 0 spiro atoms. The maximum atomic E-state index is 12.2. The number of carbonyl (C=O) groups is 1. The summed E-state index contributed by atoms with van der Waals surface area (Å²) in [6, 6.07) is 11.6. The van der Waals surface area contributed by atoms with Gasteiger partial charge in [0, 0.05) is 22.5 Å². The Labute approximate surface area is 147 Å². The Morgan fingerprint density at radius 2 is 1.96 bits per heavy atom. The number of urea groups is 1. The number of amides is 2. The van der Waals surface area contributed by atoms with Crippen LogP contribution in [0.4, 0.5) is 10.5 Å². The van der Waals surface area contributed by atoms with Crippen molar-refractivity contribution in [2.75, 3.05) is 18.5 Å². The van der Waals surface area contributed by atoms with Gasteiger partial charge in [0.1, 0.15) is 5.75 Å². The monoisotopic (exact) mass is 344 g/mol. The molecule has 1 aliphatic rings. The first kappa shape index (κ1) is 16.8. The summed E-state index contributed by atoms with van der Waals surface area (Å²) in [5.74, 6) is 0.811. The van der Waals surface area contributed by atoms with Crippen LogP contribution in [0.25, 0.3) is 0 Å². The molecule has 0 unspecified atom stereocenters. The van der Waals surface area contributed by atoms with Crippen LogP contribution in [-0.4, -0.2) is 19.2 Å². The van der Waals surface area contributed by atoms with Crippen molar-refractivity contribution in [3.63, 3.8) is 0 Å². The summed E-state index contributed by atoms with van der Waals surface area (Å²) in [6.45, 7) is 3.28. The summed E-state index contributed by atoms with van der Waals surface area (Å²) in [5, 5.41) is 8.08. The van der Waals surface area contributed by atoms with Crippen molar-refractivity contribution in [1.82, 2.24) is 5.32 Å². The summed E-state index contributed by atoms with van der Waals surface area (Å²) < 4.78 is 5.41. The lowest BCUT2D eigenvalue weighted by Crippen LogP contribution is -2.40. The molecule has 1 aliphatic carbocycles. The summed E-state index contributed by atoms with van der Waals surface area (Å²) in [4.78, 5) is 13.6. The molecule has 5 heteroatoms. The number of benzene rings is 1. The van der Waals surface area contributed by atoms with Crippen LogP contribution in [0, 0.1) is 0 Å². The molecule has 0 atom stereocenters. The molecule has 1 fully saturated rings. The highest BCUT2D eigenvalue weighted by molar-refractivity contribution is 7.10. The van der Waals surface area contributed by atoms with E-state index in [0.717, 1.165) is 24.3 Å². The zero-order chi connectivity index (χ0) is 16.8. The molecule has 1 heterocycles. The number of hydrogen-bond donors (Lipinski definition) is 2. The third-order valence-electron chi connectivity index (χ3n) is 4.62. The van der Waals surface area contributed by atoms with Crippen LogP contribution in [0.2, 0.25) is 0 Å². The van der Waals surface area contributed by atoms with Crippen LogP contribution < -0.4 is 15.4 Å². The van der Waals surface area contributed by atoms with E-state index in [2.05, 4.69) is 28.1 Å². The highest BCUT2D eigenvalue weighted by Crippen LogP contribution is 2.42. The van der Waals surface area contributed by atoms with E-state index in [1.54, 1.807) is 11.3 Å². The van der Waals surface area contributed by atoms with Crippen molar-refractivity contribution >= 4 is 23.1 Å². The van der Waals surface area contributed by atoms with Gasteiger partial charge in [-0.3, -0.25) is 0 Å². The van der Waals surface area contributed by atoms with Crippen LogP contribution in [-0.2, 0) is 5.41 Å². The van der Waals surface area contributed by atoms with Gasteiger partial charge in [-0.1, -0.05) is 18.9 Å². The smallest absolute Gasteiger partial charge is 0.319 e. The predicted octanol–water partition coefficient (Wildman–Crippen LogP) is 4.78. The average molecular weight is 344 g/mol. The van der Waals surface area contributed by atoms with Crippen LogP contribution in [0.3, 0.4) is 0 Å². The van der Waals surface area contributed by atoms with Gasteiger partial charge in [0.15, 0.2) is 0 Å². The number of anilines is 1. The number of thiophene rings is 1. The van der Waals surface area contributed by atoms with Gasteiger partial charge < -0.3 is 15.4 Å². The number of nitrogens with one attached hydrogen (secondary N) is 2. The first-order valence-electron chi connectivity index (χ1n) is 8.53. The largest absolute Gasteiger partial charge is 0.494 e. The van der Waals surface area contributed by atoms with Crippen LogP contribution in [0.5, 0.6) is 5.75 Å². The van der Waals surface area contributed by atoms with E-state index in [9.17, 15) is 4.79 Å². The fourth-order valence-electron chi connectivity index (χ4n) is 3.37. The molecule has 1 aromatic heterocycles. The molecule has 1 aromatic carbocycles. The maximum absolute atomic E-state index is 12.2. The van der Waals surface area contributed by atoms with Gasteiger partial charge >= 0.3 is 6.03 Å². The molecule has 24 heavy (non-hydrogen) atoms. The van der Waals surface area contributed by atoms with Crippen molar-refractivity contribution in [3.8, 4) is 5.75 Å². The van der Waals surface area contributed by atoms with E-state index in [4.69, 9.17) is 4.74 Å². The van der Waals surface area contributed by atoms with E-state index in [1.165, 1.54) is 17.7 Å². The predicted molar refractivity (Wildman–Crippen MR) is 99.1 cm³/mol. The molecule has 2 aromatic rings. The molecular weight excluding hydrogens is 320 g/mol. The third-order valence-corrected chi connectivity index (χ3v) is 5.73. The lowest BCUT2D eigenvalue weighted by Gasteiger charge is -2.28. The van der Waals surface area contributed by atoms with Crippen molar-refractivity contribution in [1.29, 1.82) is 0 Å². The highest BCUT2D eigenvalue weighted by Gasteiger charge is 2.36. The molecule has 3 rings (SSSR count). The summed E-state index contributed by atoms with van der Waals surface area (Å²) in [7, 11) is 0. The minimum absolute atomic E-state index is 0.115. The maximum Gasteiger partial charge on any atom is 0.319 e. The molecule has 0 saturated heterocycles. The number of rotatable bonds is 6. The summed E-state index contributed by atoms with van der Waals surface area (Å²) in [5.41, 5.74) is 0.886. The van der Waals surface area contributed by atoms with Gasteiger partial charge in [0.2, 0.25) is 0 Å². The fraction of sp³-hybridized carbons (Fsp3) is 0.421. The van der Waals surface area contributed by atoms with Gasteiger partial charge in [-0.25, -0.2) is 4.79 Å². The number of carbonyl (C=O) groups excluding carboxylic acids is 1. The molecule has 0 bridgehead atoms. The Morgan fingerprint density at radius 3 is 2.58 bits per heavy atom. The Hall–Kier alpha value is -2.01. The van der Waals surface area contributed by atoms with Gasteiger partial charge in [0.25, 0.3) is 0 Å². The Morgan fingerprint density at radius 1 is 1.21 bits per heavy atom. The van der Waals surface area contributed by atoms with Gasteiger partial charge in [-0.2, -0.15) is 0 Å². The molecule has 128 valence electrons. The Bertz CT molecular complexity index is 647. The van der Waals surface area contributed by atoms with Gasteiger partial charge in [-0.15, -0.1) is 11.3 Å². The zero-order valence-corrected chi connectivity index (χ0v) is 14.8. The van der Waals surface area contributed by atoms with Crippen molar-refractivity contribution < 1.29 is 9.53 Å². The van der Waals surface area contributed by atoms with Gasteiger partial charge in [-0.05, 0) is 55.5 Å². The molecule has 2 N–H and O–H groups in total. The summed E-state index contributed by atoms with van der Waals surface area (Å²) in [6.07, 6.45) is 4.77. The van der Waals surface area contributed by atoms with Crippen LogP contribution in [0.1, 0.15) is 37.5 Å². The van der Waals surface area contributed by atoms with E-state index in [1.807, 2.05) is 31.2 Å². The minimum Gasteiger partial charge on any atom is -0.494 e. The molecule has 2 amide bonds.